The molecule has 0 aliphatic heterocycles. The number of ketones is 1. The molecule has 2 aromatic carbocycles. The number of carbonyl (C=O) groups is 1. The second-order valence-corrected chi connectivity index (χ2v) is 4.48. The first-order valence-corrected chi connectivity index (χ1v) is 6.31. The molecule has 0 fully saturated rings. The number of aromatic nitrogens is 1. The Morgan fingerprint density at radius 3 is 2.55 bits per heavy atom. The summed E-state index contributed by atoms with van der Waals surface area (Å²) in [6.07, 6.45) is 1.62. The number of pyridine rings is 1. The second kappa shape index (κ2) is 5.13. The lowest BCUT2D eigenvalue weighted by Crippen LogP contribution is -2.01. The fraction of sp³-hybridized carbons (Fsp3) is 0.0588. The van der Waals surface area contributed by atoms with Gasteiger partial charge in [0, 0.05) is 22.7 Å². The minimum atomic E-state index is -0.0252. The van der Waals surface area contributed by atoms with Crippen molar-refractivity contribution in [1.29, 1.82) is 0 Å². The molecule has 0 saturated carbocycles. The number of benzene rings is 2. The van der Waals surface area contributed by atoms with Gasteiger partial charge in [-0.3, -0.25) is 9.78 Å². The van der Waals surface area contributed by atoms with E-state index in [0.717, 1.165) is 16.7 Å². The highest BCUT2D eigenvalue weighted by atomic mass is 16.5. The van der Waals surface area contributed by atoms with Gasteiger partial charge in [-0.2, -0.15) is 0 Å². The van der Waals surface area contributed by atoms with Crippen LogP contribution in [0.25, 0.3) is 10.9 Å². The lowest BCUT2D eigenvalue weighted by molar-refractivity contribution is 0.103. The Bertz CT molecular complexity index is 766. The number of carbonyl (C=O) groups excluding carboxylic acids is 1. The van der Waals surface area contributed by atoms with E-state index >= 15 is 0 Å². The van der Waals surface area contributed by atoms with E-state index in [2.05, 4.69) is 4.98 Å². The maximum Gasteiger partial charge on any atom is 0.194 e. The van der Waals surface area contributed by atoms with Crippen molar-refractivity contribution in [2.75, 3.05) is 7.11 Å². The highest BCUT2D eigenvalue weighted by molar-refractivity contribution is 6.10. The van der Waals surface area contributed by atoms with E-state index in [1.807, 2.05) is 42.5 Å². The van der Waals surface area contributed by atoms with Gasteiger partial charge in [-0.25, -0.2) is 0 Å². The molecule has 3 rings (SSSR count). The Morgan fingerprint density at radius 2 is 1.80 bits per heavy atom. The van der Waals surface area contributed by atoms with Crippen molar-refractivity contribution >= 4 is 16.7 Å². The number of hydrogen-bond donors (Lipinski definition) is 0. The number of methoxy groups -OCH3 is 1. The Hall–Kier alpha value is -2.68. The van der Waals surface area contributed by atoms with Crippen LogP contribution in [0.15, 0.2) is 60.8 Å². The Balaban J connectivity index is 2.06. The minimum absolute atomic E-state index is 0.0252. The zero-order valence-electron chi connectivity index (χ0n) is 11.0. The van der Waals surface area contributed by atoms with E-state index in [0.29, 0.717) is 11.1 Å². The van der Waals surface area contributed by atoms with E-state index in [-0.39, 0.29) is 5.78 Å². The molecule has 0 radical (unpaired) electrons. The van der Waals surface area contributed by atoms with Crippen LogP contribution in [0.2, 0.25) is 0 Å². The molecule has 0 saturated heterocycles. The summed E-state index contributed by atoms with van der Waals surface area (Å²) in [4.78, 5) is 16.7. The normalized spacial score (nSPS) is 10.4. The molecule has 0 bridgehead atoms. The Morgan fingerprint density at radius 1 is 1.00 bits per heavy atom. The number of nitrogens with zero attached hydrogens (tertiary/aromatic N) is 1. The fourth-order valence-electron chi connectivity index (χ4n) is 2.12. The zero-order valence-corrected chi connectivity index (χ0v) is 11.0. The topological polar surface area (TPSA) is 39.2 Å². The number of ether oxygens (including phenoxy) is 1. The molecule has 0 unspecified atom stereocenters. The van der Waals surface area contributed by atoms with Crippen LogP contribution in [0.3, 0.4) is 0 Å². The maximum absolute atomic E-state index is 12.4. The molecule has 1 heterocycles. The first kappa shape index (κ1) is 12.4. The summed E-state index contributed by atoms with van der Waals surface area (Å²) in [5.41, 5.74) is 2.09. The summed E-state index contributed by atoms with van der Waals surface area (Å²) in [6, 6.07) is 16.7. The Kier molecular flexibility index (Phi) is 3.17. The highest BCUT2D eigenvalue weighted by Crippen LogP contribution is 2.21. The monoisotopic (exact) mass is 263 g/mol. The minimum Gasteiger partial charge on any atom is -0.497 e. The Labute approximate surface area is 116 Å². The molecule has 0 atom stereocenters. The lowest BCUT2D eigenvalue weighted by Gasteiger charge is -2.05. The van der Waals surface area contributed by atoms with Gasteiger partial charge in [0.1, 0.15) is 5.75 Å². The summed E-state index contributed by atoms with van der Waals surface area (Å²) in [5, 5.41) is 0.895. The van der Waals surface area contributed by atoms with Crippen molar-refractivity contribution < 1.29 is 9.53 Å². The van der Waals surface area contributed by atoms with E-state index in [4.69, 9.17) is 4.74 Å². The third-order valence-electron chi connectivity index (χ3n) is 3.19. The predicted octanol–water partition coefficient (Wildman–Crippen LogP) is 3.47. The van der Waals surface area contributed by atoms with Crippen molar-refractivity contribution in [3.8, 4) is 5.75 Å². The lowest BCUT2D eigenvalue weighted by atomic mass is 10.0. The fourth-order valence-corrected chi connectivity index (χ4v) is 2.12. The van der Waals surface area contributed by atoms with Gasteiger partial charge in [0.15, 0.2) is 5.78 Å². The largest absolute Gasteiger partial charge is 0.497 e. The van der Waals surface area contributed by atoms with Crippen molar-refractivity contribution in [3.63, 3.8) is 0 Å². The third kappa shape index (κ3) is 2.26. The van der Waals surface area contributed by atoms with E-state index < -0.39 is 0 Å². The van der Waals surface area contributed by atoms with Gasteiger partial charge in [-0.05, 0) is 24.3 Å². The smallest absolute Gasteiger partial charge is 0.194 e. The van der Waals surface area contributed by atoms with Gasteiger partial charge >= 0.3 is 0 Å². The summed E-state index contributed by atoms with van der Waals surface area (Å²) < 4.78 is 5.19. The van der Waals surface area contributed by atoms with Crippen molar-refractivity contribution in [2.24, 2.45) is 0 Å². The van der Waals surface area contributed by atoms with Crippen LogP contribution in [0.1, 0.15) is 15.9 Å². The molecular weight excluding hydrogens is 250 g/mol. The van der Waals surface area contributed by atoms with E-state index in [9.17, 15) is 4.79 Å². The molecule has 3 nitrogen and oxygen atoms in total. The molecule has 0 spiro atoms. The van der Waals surface area contributed by atoms with Crippen LogP contribution in [0.5, 0.6) is 5.75 Å². The van der Waals surface area contributed by atoms with E-state index in [1.54, 1.807) is 25.4 Å². The van der Waals surface area contributed by atoms with E-state index in [1.165, 1.54) is 0 Å². The van der Waals surface area contributed by atoms with Crippen molar-refractivity contribution in [2.45, 2.75) is 0 Å². The number of fused-ring (bicyclic) bond motifs is 1. The van der Waals surface area contributed by atoms with Gasteiger partial charge < -0.3 is 4.74 Å². The quantitative estimate of drug-likeness (QED) is 0.679. The maximum atomic E-state index is 12.4. The van der Waals surface area contributed by atoms with Gasteiger partial charge in [0.05, 0.1) is 12.6 Å². The summed E-state index contributed by atoms with van der Waals surface area (Å²) in [5.74, 6) is 0.728. The summed E-state index contributed by atoms with van der Waals surface area (Å²) >= 11 is 0. The molecule has 0 aliphatic carbocycles. The van der Waals surface area contributed by atoms with Gasteiger partial charge in [0.2, 0.25) is 0 Å². The number of hydrogen-bond acceptors (Lipinski definition) is 3. The van der Waals surface area contributed by atoms with Crippen LogP contribution in [-0.2, 0) is 0 Å². The van der Waals surface area contributed by atoms with Gasteiger partial charge in [-0.15, -0.1) is 0 Å². The molecule has 3 aromatic rings. The van der Waals surface area contributed by atoms with Gasteiger partial charge in [0.25, 0.3) is 0 Å². The SMILES string of the molecule is COc1ccc2ncc(C(=O)c3ccccc3)cc2c1. The third-order valence-corrected chi connectivity index (χ3v) is 3.19. The molecule has 0 N–H and O–H groups in total. The first-order chi connectivity index (χ1) is 9.78. The summed E-state index contributed by atoms with van der Waals surface area (Å²) in [7, 11) is 1.62. The zero-order chi connectivity index (χ0) is 13.9. The molecule has 0 aliphatic rings. The standard InChI is InChI=1S/C17H13NO2/c1-20-15-7-8-16-13(10-15)9-14(11-18-16)17(19)12-5-3-2-4-6-12/h2-11H,1H3. The predicted molar refractivity (Wildman–Crippen MR) is 78.2 cm³/mol. The van der Waals surface area contributed by atoms with Crippen molar-refractivity contribution in [3.05, 3.63) is 71.9 Å². The van der Waals surface area contributed by atoms with Gasteiger partial charge in [-0.1, -0.05) is 30.3 Å². The molecule has 3 heteroatoms. The molecule has 98 valence electrons. The molecular formula is C17H13NO2. The summed E-state index contributed by atoms with van der Waals surface area (Å²) in [6.45, 7) is 0. The van der Waals surface area contributed by atoms with Crippen LogP contribution >= 0.6 is 0 Å². The second-order valence-electron chi connectivity index (χ2n) is 4.48. The molecule has 0 amide bonds. The van der Waals surface area contributed by atoms with Crippen LogP contribution in [0, 0.1) is 0 Å². The molecule has 20 heavy (non-hydrogen) atoms. The van der Waals surface area contributed by atoms with Crippen LogP contribution in [-0.4, -0.2) is 17.9 Å². The van der Waals surface area contributed by atoms with Crippen LogP contribution in [0.4, 0.5) is 0 Å². The highest BCUT2D eigenvalue weighted by Gasteiger charge is 2.10. The first-order valence-electron chi connectivity index (χ1n) is 6.31. The number of rotatable bonds is 3. The average Bonchev–Trinajstić information content (AvgIpc) is 2.54. The van der Waals surface area contributed by atoms with Crippen molar-refractivity contribution in [1.82, 2.24) is 4.98 Å². The average molecular weight is 263 g/mol. The van der Waals surface area contributed by atoms with Crippen LogP contribution < -0.4 is 4.74 Å². The molecule has 1 aromatic heterocycles.